The van der Waals surface area contributed by atoms with Crippen molar-refractivity contribution in [1.29, 1.82) is 0 Å². The predicted molar refractivity (Wildman–Crippen MR) is 323 cm³/mol. The highest BCUT2D eigenvalue weighted by molar-refractivity contribution is 6.14. The number of aryl methyl sites for hydroxylation is 5. The minimum atomic E-state index is -4.62. The Hall–Kier alpha value is -9.70. The summed E-state index contributed by atoms with van der Waals surface area (Å²) in [6.45, 7) is 18.8. The molecule has 0 saturated heterocycles. The smallest absolute Gasteiger partial charge is 0.309 e. The molecule has 13 rings (SSSR count). The molecule has 0 aliphatic carbocycles. The molecule has 0 aliphatic rings. The minimum Gasteiger partial charge on any atom is -0.309 e. The largest absolute Gasteiger partial charge is 0.417 e. The van der Waals surface area contributed by atoms with Gasteiger partial charge in [0.25, 0.3) is 0 Å². The molecule has 13 aromatic rings. The number of rotatable bonds is 8. The number of fused-ring (bicyclic) bond motifs is 6. The van der Waals surface area contributed by atoms with Gasteiger partial charge in [0.2, 0.25) is 0 Å². The van der Waals surface area contributed by atoms with Gasteiger partial charge in [0.15, 0.2) is 5.69 Å². The molecule has 79 heavy (non-hydrogen) atoms. The van der Waals surface area contributed by atoms with Crippen molar-refractivity contribution >= 4 is 49.3 Å². The minimum absolute atomic E-state index is 0.104. The van der Waals surface area contributed by atoms with Crippen LogP contribution in [0.25, 0.3) is 127 Å². The Morgan fingerprint density at radius 3 is 1.13 bits per heavy atom. The molecule has 0 amide bonds. The standard InChI is InChI=1S/C73H52F3N3/c1-44-10-18-49(19-11-44)53-26-33-67-61(38-53)62-39-54(50-20-12-45(2)13-21-50)27-34-68(62)78(67)58-31-32-66(77-6)59(43-58)60-42-57(72-48(5)8-7-9-65(72)73(74,75)76)30-37-69(60)79-70-35-28-55(51-22-14-46(3)15-23-51)40-63(70)64-41-56(29-36-71(64)79)52-24-16-47(4)17-25-52/h7-43H,1-5H3. The molecule has 0 aliphatic heterocycles. The van der Waals surface area contributed by atoms with E-state index in [0.29, 0.717) is 27.9 Å². The van der Waals surface area contributed by atoms with E-state index in [1.807, 2.05) is 24.3 Å². The van der Waals surface area contributed by atoms with E-state index in [-0.39, 0.29) is 5.56 Å². The Kier molecular flexibility index (Phi) is 11.8. The van der Waals surface area contributed by atoms with Gasteiger partial charge in [0.05, 0.1) is 39.9 Å². The van der Waals surface area contributed by atoms with Crippen LogP contribution in [0, 0.1) is 41.2 Å². The summed E-state index contributed by atoms with van der Waals surface area (Å²) in [6, 6.07) is 76.4. The monoisotopic (exact) mass is 1030 g/mol. The molecular weight excluding hydrogens is 976 g/mol. The van der Waals surface area contributed by atoms with Crippen molar-refractivity contribution in [3.05, 3.63) is 269 Å². The highest BCUT2D eigenvalue weighted by atomic mass is 19.4. The summed E-state index contributed by atoms with van der Waals surface area (Å²) in [5.41, 5.74) is 20.7. The summed E-state index contributed by atoms with van der Waals surface area (Å²) in [4.78, 5) is 4.17. The lowest BCUT2D eigenvalue weighted by Crippen LogP contribution is -2.08. The molecule has 3 nitrogen and oxygen atoms in total. The molecule has 6 heteroatoms. The van der Waals surface area contributed by atoms with Crippen LogP contribution in [0.15, 0.2) is 224 Å². The van der Waals surface area contributed by atoms with E-state index in [1.54, 1.807) is 19.1 Å². The van der Waals surface area contributed by atoms with E-state index in [0.717, 1.165) is 106 Å². The van der Waals surface area contributed by atoms with Gasteiger partial charge in [-0.2, -0.15) is 13.2 Å². The van der Waals surface area contributed by atoms with Crippen LogP contribution in [0.2, 0.25) is 0 Å². The summed E-state index contributed by atoms with van der Waals surface area (Å²) in [7, 11) is 0. The van der Waals surface area contributed by atoms with Crippen LogP contribution in [-0.2, 0) is 6.18 Å². The van der Waals surface area contributed by atoms with Gasteiger partial charge in [-0.3, -0.25) is 0 Å². The molecule has 2 aromatic heterocycles. The van der Waals surface area contributed by atoms with Gasteiger partial charge < -0.3 is 9.13 Å². The quantitative estimate of drug-likeness (QED) is 0.135. The fraction of sp³-hybridized carbons (Fsp3) is 0.0822. The maximum Gasteiger partial charge on any atom is 0.417 e. The fourth-order valence-corrected chi connectivity index (χ4v) is 11.7. The molecule has 0 atom stereocenters. The van der Waals surface area contributed by atoms with Crippen molar-refractivity contribution in [2.24, 2.45) is 0 Å². The highest BCUT2D eigenvalue weighted by Gasteiger charge is 2.34. The summed E-state index contributed by atoms with van der Waals surface area (Å²) in [5.74, 6) is 0. The first-order chi connectivity index (χ1) is 38.3. The van der Waals surface area contributed by atoms with Gasteiger partial charge >= 0.3 is 6.18 Å². The van der Waals surface area contributed by atoms with Crippen LogP contribution in [0.5, 0.6) is 0 Å². The third-order valence-electron chi connectivity index (χ3n) is 15.8. The molecule has 0 radical (unpaired) electrons. The summed E-state index contributed by atoms with van der Waals surface area (Å²) < 4.78 is 49.9. The third kappa shape index (κ3) is 8.65. The van der Waals surface area contributed by atoms with Crippen molar-refractivity contribution in [3.8, 4) is 78.1 Å². The molecular formula is C73H52F3N3. The zero-order valence-corrected chi connectivity index (χ0v) is 44.3. The second-order valence-electron chi connectivity index (χ2n) is 21.1. The molecule has 2 heterocycles. The first kappa shape index (κ1) is 48.9. The van der Waals surface area contributed by atoms with Crippen molar-refractivity contribution in [2.75, 3.05) is 0 Å². The average Bonchev–Trinajstić information content (AvgIpc) is 4.15. The van der Waals surface area contributed by atoms with Crippen LogP contribution < -0.4 is 0 Å². The molecule has 0 saturated carbocycles. The van der Waals surface area contributed by atoms with E-state index in [2.05, 4.69) is 218 Å². The second kappa shape index (κ2) is 19.1. The molecule has 0 fully saturated rings. The molecule has 0 N–H and O–H groups in total. The van der Waals surface area contributed by atoms with Gasteiger partial charge in [0.1, 0.15) is 0 Å². The number of halogens is 3. The maximum absolute atomic E-state index is 15.2. The van der Waals surface area contributed by atoms with Gasteiger partial charge in [0, 0.05) is 27.2 Å². The fourth-order valence-electron chi connectivity index (χ4n) is 11.7. The van der Waals surface area contributed by atoms with Gasteiger partial charge in [-0.05, 0) is 186 Å². The first-order valence-corrected chi connectivity index (χ1v) is 26.6. The normalized spacial score (nSPS) is 11.8. The Morgan fingerprint density at radius 1 is 0.354 bits per heavy atom. The Labute approximate surface area is 457 Å². The topological polar surface area (TPSA) is 14.2 Å². The lowest BCUT2D eigenvalue weighted by Gasteiger charge is -2.20. The first-order valence-electron chi connectivity index (χ1n) is 26.6. The van der Waals surface area contributed by atoms with Crippen LogP contribution in [0.4, 0.5) is 18.9 Å². The summed E-state index contributed by atoms with van der Waals surface area (Å²) in [5, 5.41) is 4.18. The van der Waals surface area contributed by atoms with Crippen molar-refractivity contribution in [3.63, 3.8) is 0 Å². The summed E-state index contributed by atoms with van der Waals surface area (Å²) in [6.07, 6.45) is -4.62. The van der Waals surface area contributed by atoms with Gasteiger partial charge in [-0.15, -0.1) is 0 Å². The van der Waals surface area contributed by atoms with E-state index in [4.69, 9.17) is 6.57 Å². The van der Waals surface area contributed by atoms with E-state index < -0.39 is 11.7 Å². The zero-order chi connectivity index (χ0) is 54.3. The van der Waals surface area contributed by atoms with Crippen molar-refractivity contribution < 1.29 is 13.2 Å². The number of alkyl halides is 3. The molecule has 0 bridgehead atoms. The SMILES string of the molecule is [C-]#[N+]c1ccc(-n2c3ccc(-c4ccc(C)cc4)cc3c3cc(-c4ccc(C)cc4)ccc32)cc1-c1cc(-c2c(C)cccc2C(F)(F)F)ccc1-n1c2ccc(-c3ccc(C)cc3)cc2c2cc(-c3ccc(C)cc3)ccc21. The Bertz CT molecular complexity index is 4400. The van der Waals surface area contributed by atoms with Gasteiger partial charge in [-0.25, -0.2) is 4.85 Å². The molecule has 380 valence electrons. The summed E-state index contributed by atoms with van der Waals surface area (Å²) >= 11 is 0. The molecule has 0 spiro atoms. The van der Waals surface area contributed by atoms with Crippen LogP contribution in [0.1, 0.15) is 33.4 Å². The van der Waals surface area contributed by atoms with Gasteiger partial charge in [-0.1, -0.05) is 168 Å². The lowest BCUT2D eigenvalue weighted by atomic mass is 9.91. The predicted octanol–water partition coefficient (Wildman–Crippen LogP) is 21.0. The van der Waals surface area contributed by atoms with Crippen LogP contribution in [0.3, 0.4) is 0 Å². The molecule has 0 unspecified atom stereocenters. The van der Waals surface area contributed by atoms with Crippen LogP contribution >= 0.6 is 0 Å². The number of hydrogen-bond donors (Lipinski definition) is 0. The lowest BCUT2D eigenvalue weighted by molar-refractivity contribution is -0.137. The maximum atomic E-state index is 15.2. The number of aromatic nitrogens is 2. The number of nitrogens with zero attached hydrogens (tertiary/aromatic N) is 3. The number of hydrogen-bond acceptors (Lipinski definition) is 0. The Balaban J connectivity index is 1.09. The van der Waals surface area contributed by atoms with E-state index in [9.17, 15) is 0 Å². The van der Waals surface area contributed by atoms with E-state index >= 15 is 13.2 Å². The highest BCUT2D eigenvalue weighted by Crippen LogP contribution is 2.47. The second-order valence-corrected chi connectivity index (χ2v) is 21.1. The Morgan fingerprint density at radius 2 is 0.734 bits per heavy atom. The molecule has 11 aromatic carbocycles. The zero-order valence-electron chi connectivity index (χ0n) is 44.3. The van der Waals surface area contributed by atoms with Crippen molar-refractivity contribution in [2.45, 2.75) is 40.8 Å². The van der Waals surface area contributed by atoms with Crippen molar-refractivity contribution in [1.82, 2.24) is 9.13 Å². The van der Waals surface area contributed by atoms with Crippen LogP contribution in [-0.4, -0.2) is 9.13 Å². The average molecular weight is 1030 g/mol. The number of benzene rings is 11. The third-order valence-corrected chi connectivity index (χ3v) is 15.8. The van der Waals surface area contributed by atoms with E-state index in [1.165, 1.54) is 28.3 Å².